The summed E-state index contributed by atoms with van der Waals surface area (Å²) < 4.78 is 10.2. The zero-order valence-corrected chi connectivity index (χ0v) is 14.2. The number of furan rings is 1. The Morgan fingerprint density at radius 2 is 2.04 bits per heavy atom. The van der Waals surface area contributed by atoms with Crippen LogP contribution < -0.4 is 15.4 Å². The third-order valence-electron chi connectivity index (χ3n) is 4.03. The molecule has 0 radical (unpaired) electrons. The molecule has 1 atom stereocenters. The molecule has 3 rings (SSSR count). The quantitative estimate of drug-likeness (QED) is 0.739. The zero-order valence-electron chi connectivity index (χ0n) is 14.2. The van der Waals surface area contributed by atoms with E-state index < -0.39 is 12.1 Å². The average molecular weight is 357 g/mol. The van der Waals surface area contributed by atoms with Gasteiger partial charge in [0, 0.05) is 12.1 Å². The van der Waals surface area contributed by atoms with Crippen molar-refractivity contribution in [2.24, 2.45) is 0 Å². The maximum Gasteiger partial charge on any atom is 0.325 e. The minimum absolute atomic E-state index is 0.0756. The molecule has 0 bridgehead atoms. The van der Waals surface area contributed by atoms with Crippen molar-refractivity contribution in [1.29, 1.82) is 0 Å². The van der Waals surface area contributed by atoms with Gasteiger partial charge in [-0.3, -0.25) is 14.5 Å². The van der Waals surface area contributed by atoms with E-state index in [0.29, 0.717) is 17.2 Å². The molecule has 0 aliphatic carbocycles. The van der Waals surface area contributed by atoms with Crippen molar-refractivity contribution >= 4 is 23.5 Å². The Hall–Kier alpha value is -3.29. The molecule has 2 aromatic rings. The van der Waals surface area contributed by atoms with E-state index in [4.69, 9.17) is 9.15 Å². The minimum atomic E-state index is -0.709. The van der Waals surface area contributed by atoms with Gasteiger partial charge in [-0.15, -0.1) is 0 Å². The summed E-state index contributed by atoms with van der Waals surface area (Å²) in [5.41, 5.74) is 0.636. The van der Waals surface area contributed by atoms with Gasteiger partial charge in [0.2, 0.25) is 5.91 Å². The number of hydrogen-bond acceptors (Lipinski definition) is 5. The van der Waals surface area contributed by atoms with Gasteiger partial charge in [-0.1, -0.05) is 0 Å². The van der Waals surface area contributed by atoms with Crippen LogP contribution in [-0.4, -0.2) is 35.9 Å². The molecule has 136 valence electrons. The van der Waals surface area contributed by atoms with Crippen molar-refractivity contribution in [3.63, 3.8) is 0 Å². The molecular formula is C18H19N3O5. The van der Waals surface area contributed by atoms with Crippen LogP contribution in [0.3, 0.4) is 0 Å². The average Bonchev–Trinajstić information content (AvgIpc) is 3.24. The fourth-order valence-corrected chi connectivity index (χ4v) is 2.65. The fourth-order valence-electron chi connectivity index (χ4n) is 2.65. The monoisotopic (exact) mass is 357 g/mol. The van der Waals surface area contributed by atoms with Crippen molar-refractivity contribution in [2.75, 3.05) is 12.4 Å². The third-order valence-corrected chi connectivity index (χ3v) is 4.03. The van der Waals surface area contributed by atoms with Gasteiger partial charge < -0.3 is 19.8 Å². The number of amides is 4. The van der Waals surface area contributed by atoms with Crippen molar-refractivity contribution in [1.82, 2.24) is 10.2 Å². The van der Waals surface area contributed by atoms with Gasteiger partial charge in [0.15, 0.2) is 0 Å². The molecule has 2 N–H and O–H groups in total. The maximum atomic E-state index is 12.3. The molecule has 8 nitrogen and oxygen atoms in total. The lowest BCUT2D eigenvalue weighted by Gasteiger charge is -2.11. The summed E-state index contributed by atoms with van der Waals surface area (Å²) in [6.45, 7) is 0.0756. The van der Waals surface area contributed by atoms with Crippen LogP contribution in [0.5, 0.6) is 5.75 Å². The molecule has 0 spiro atoms. The zero-order chi connectivity index (χ0) is 18.5. The number of nitrogens with zero attached hydrogens (tertiary/aromatic N) is 1. The van der Waals surface area contributed by atoms with E-state index in [1.165, 1.54) is 6.26 Å². The van der Waals surface area contributed by atoms with Gasteiger partial charge in [0.25, 0.3) is 5.91 Å². The number of nitrogens with one attached hydrogen (secondary N) is 2. The summed E-state index contributed by atoms with van der Waals surface area (Å²) >= 11 is 0. The SMILES string of the molecule is COc1ccc(NC(=O)CC[C@H]2NC(=O)N(Cc3ccco3)C2=O)cc1. The highest BCUT2D eigenvalue weighted by atomic mass is 16.5. The molecular weight excluding hydrogens is 338 g/mol. The van der Waals surface area contributed by atoms with E-state index in [0.717, 1.165) is 4.90 Å². The summed E-state index contributed by atoms with van der Waals surface area (Å²) in [5, 5.41) is 5.34. The molecule has 1 aliphatic heterocycles. The van der Waals surface area contributed by atoms with Crippen LogP contribution in [0.2, 0.25) is 0 Å². The third kappa shape index (κ3) is 4.02. The first-order valence-corrected chi connectivity index (χ1v) is 8.15. The molecule has 4 amide bonds. The number of benzene rings is 1. The van der Waals surface area contributed by atoms with Gasteiger partial charge >= 0.3 is 6.03 Å². The second kappa shape index (κ2) is 7.73. The van der Waals surface area contributed by atoms with Gasteiger partial charge in [0.1, 0.15) is 17.6 Å². The van der Waals surface area contributed by atoms with Crippen molar-refractivity contribution in [3.8, 4) is 5.75 Å². The Morgan fingerprint density at radius 1 is 1.27 bits per heavy atom. The fraction of sp³-hybridized carbons (Fsp3) is 0.278. The number of imide groups is 1. The van der Waals surface area contributed by atoms with Gasteiger partial charge in [-0.25, -0.2) is 4.79 Å². The molecule has 1 aromatic heterocycles. The van der Waals surface area contributed by atoms with E-state index in [2.05, 4.69) is 10.6 Å². The number of methoxy groups -OCH3 is 1. The number of hydrogen-bond donors (Lipinski definition) is 2. The molecule has 0 unspecified atom stereocenters. The summed E-state index contributed by atoms with van der Waals surface area (Å²) in [4.78, 5) is 37.4. The first-order chi connectivity index (χ1) is 12.6. The molecule has 1 aliphatic rings. The molecule has 2 heterocycles. The minimum Gasteiger partial charge on any atom is -0.497 e. The Balaban J connectivity index is 1.50. The highest BCUT2D eigenvalue weighted by molar-refractivity contribution is 6.04. The van der Waals surface area contributed by atoms with Crippen LogP contribution in [0.4, 0.5) is 10.5 Å². The lowest BCUT2D eigenvalue weighted by atomic mass is 10.1. The Morgan fingerprint density at radius 3 is 2.69 bits per heavy atom. The highest BCUT2D eigenvalue weighted by Crippen LogP contribution is 2.17. The first kappa shape index (κ1) is 17.5. The largest absolute Gasteiger partial charge is 0.497 e. The molecule has 1 saturated heterocycles. The van der Waals surface area contributed by atoms with Crippen molar-refractivity contribution in [3.05, 3.63) is 48.4 Å². The van der Waals surface area contributed by atoms with E-state index >= 15 is 0 Å². The van der Waals surface area contributed by atoms with E-state index in [-0.39, 0.29) is 31.2 Å². The van der Waals surface area contributed by atoms with E-state index in [9.17, 15) is 14.4 Å². The van der Waals surface area contributed by atoms with Crippen molar-refractivity contribution in [2.45, 2.75) is 25.4 Å². The van der Waals surface area contributed by atoms with Crippen LogP contribution in [0, 0.1) is 0 Å². The second-order valence-electron chi connectivity index (χ2n) is 5.82. The predicted molar refractivity (Wildman–Crippen MR) is 92.4 cm³/mol. The van der Waals surface area contributed by atoms with E-state index in [1.807, 2.05) is 0 Å². The summed E-state index contributed by atoms with van der Waals surface area (Å²) in [6, 6.07) is 9.12. The predicted octanol–water partition coefficient (Wildman–Crippen LogP) is 2.13. The first-order valence-electron chi connectivity index (χ1n) is 8.15. The number of ether oxygens (including phenoxy) is 1. The van der Waals surface area contributed by atoms with Gasteiger partial charge in [-0.2, -0.15) is 0 Å². The molecule has 26 heavy (non-hydrogen) atoms. The maximum absolute atomic E-state index is 12.3. The van der Waals surface area contributed by atoms with Gasteiger partial charge in [0.05, 0.1) is 19.9 Å². The topological polar surface area (TPSA) is 101 Å². The Kier molecular flexibility index (Phi) is 5.21. The molecule has 1 fully saturated rings. The smallest absolute Gasteiger partial charge is 0.325 e. The number of rotatable bonds is 7. The lowest BCUT2D eigenvalue weighted by molar-refractivity contribution is -0.128. The van der Waals surface area contributed by atoms with E-state index in [1.54, 1.807) is 43.5 Å². The lowest BCUT2D eigenvalue weighted by Crippen LogP contribution is -2.31. The molecule has 0 saturated carbocycles. The van der Waals surface area contributed by atoms with Crippen LogP contribution >= 0.6 is 0 Å². The molecule has 1 aromatic carbocycles. The standard InChI is InChI=1S/C18H19N3O5/c1-25-13-6-4-12(5-7-13)19-16(22)9-8-15-17(23)21(18(24)20-15)11-14-3-2-10-26-14/h2-7,10,15H,8-9,11H2,1H3,(H,19,22)(H,20,24)/t15-/m1/s1. The summed E-state index contributed by atoms with van der Waals surface area (Å²) in [7, 11) is 1.57. The normalized spacial score (nSPS) is 16.5. The number of carbonyl (C=O) groups is 3. The number of urea groups is 1. The van der Waals surface area contributed by atoms with Gasteiger partial charge in [-0.05, 0) is 42.8 Å². The van der Waals surface area contributed by atoms with Crippen molar-refractivity contribution < 1.29 is 23.5 Å². The highest BCUT2D eigenvalue weighted by Gasteiger charge is 2.38. The second-order valence-corrected chi connectivity index (χ2v) is 5.82. The van der Waals surface area contributed by atoms with Crippen LogP contribution in [0.15, 0.2) is 47.1 Å². The summed E-state index contributed by atoms with van der Waals surface area (Å²) in [6.07, 6.45) is 1.81. The van der Waals surface area contributed by atoms with Crippen LogP contribution in [0.25, 0.3) is 0 Å². The van der Waals surface area contributed by atoms with Crippen LogP contribution in [0.1, 0.15) is 18.6 Å². The Labute approximate surface area is 150 Å². The summed E-state index contributed by atoms with van der Waals surface area (Å²) in [5.74, 6) is 0.621. The number of anilines is 1. The Bertz CT molecular complexity index is 786. The molecule has 8 heteroatoms. The van der Waals surface area contributed by atoms with Crippen LogP contribution in [-0.2, 0) is 16.1 Å². The number of carbonyl (C=O) groups excluding carboxylic acids is 3.